The summed E-state index contributed by atoms with van der Waals surface area (Å²) in [6.07, 6.45) is 6.77. The molecule has 1 spiro atoms. The van der Waals surface area contributed by atoms with Crippen LogP contribution in [0.15, 0.2) is 54.6 Å². The summed E-state index contributed by atoms with van der Waals surface area (Å²) in [5, 5.41) is 0.844. The molecule has 0 N–H and O–H groups in total. The fourth-order valence-corrected chi connectivity index (χ4v) is 8.40. The molecule has 3 heteroatoms. The molecule has 0 unspecified atom stereocenters. The average molecular weight is 427 g/mol. The lowest BCUT2D eigenvalue weighted by molar-refractivity contribution is -0.0407. The molecule has 154 valence electrons. The SMILES string of the molecule is Clc1ccc2c(c1)C1(c3c-2ccc2c3Oc3ccccc3O2)C2CC3CC(C2)CC1C3. The van der Waals surface area contributed by atoms with E-state index in [4.69, 9.17) is 21.1 Å². The standard InChI is InChI=1S/C28H23ClO2/c29-19-5-6-20-21-7-8-25-27(31-24-4-2-1-3-23(24)30-25)26(21)28(22(20)14-19)17-10-15-9-16(12-17)13-18(28)11-15/h1-8,14-18H,9-13H2. The first-order chi connectivity index (χ1) is 15.2. The maximum atomic E-state index is 6.65. The first-order valence-electron chi connectivity index (χ1n) is 11.6. The highest BCUT2D eigenvalue weighted by Gasteiger charge is 2.63. The van der Waals surface area contributed by atoms with Gasteiger partial charge in [0.05, 0.1) is 0 Å². The number of rotatable bonds is 0. The van der Waals surface area contributed by atoms with Crippen molar-refractivity contribution < 1.29 is 9.47 Å². The third-order valence-electron chi connectivity index (χ3n) is 8.96. The van der Waals surface area contributed by atoms with Crippen molar-refractivity contribution in [3.63, 3.8) is 0 Å². The quantitative estimate of drug-likeness (QED) is 0.284. The Balaban J connectivity index is 1.44. The van der Waals surface area contributed by atoms with Crippen molar-refractivity contribution in [2.24, 2.45) is 23.7 Å². The maximum Gasteiger partial charge on any atom is 0.174 e. The fraction of sp³-hybridized carbons (Fsp3) is 0.357. The van der Waals surface area contributed by atoms with E-state index in [0.29, 0.717) is 11.8 Å². The van der Waals surface area contributed by atoms with Crippen LogP contribution >= 0.6 is 11.6 Å². The smallest absolute Gasteiger partial charge is 0.174 e. The van der Waals surface area contributed by atoms with Crippen molar-refractivity contribution >= 4 is 11.6 Å². The van der Waals surface area contributed by atoms with Gasteiger partial charge in [-0.1, -0.05) is 35.9 Å². The number of hydrogen-bond acceptors (Lipinski definition) is 2. The van der Waals surface area contributed by atoms with Gasteiger partial charge in [-0.25, -0.2) is 0 Å². The van der Waals surface area contributed by atoms with Crippen molar-refractivity contribution in [1.29, 1.82) is 0 Å². The van der Waals surface area contributed by atoms with Crippen LogP contribution in [-0.2, 0) is 5.41 Å². The molecule has 0 amide bonds. The van der Waals surface area contributed by atoms with Crippen molar-refractivity contribution in [3.8, 4) is 34.1 Å². The normalized spacial score (nSPS) is 32.7. The topological polar surface area (TPSA) is 18.5 Å². The lowest BCUT2D eigenvalue weighted by Gasteiger charge is -2.61. The van der Waals surface area contributed by atoms with Gasteiger partial charge in [-0.15, -0.1) is 0 Å². The first-order valence-corrected chi connectivity index (χ1v) is 12.0. The van der Waals surface area contributed by atoms with Gasteiger partial charge < -0.3 is 9.47 Å². The van der Waals surface area contributed by atoms with Gasteiger partial charge in [0.1, 0.15) is 0 Å². The van der Waals surface area contributed by atoms with Gasteiger partial charge in [0.15, 0.2) is 23.0 Å². The van der Waals surface area contributed by atoms with Crippen LogP contribution in [0.25, 0.3) is 11.1 Å². The Morgan fingerprint density at radius 1 is 0.710 bits per heavy atom. The molecule has 1 heterocycles. The van der Waals surface area contributed by atoms with Crippen molar-refractivity contribution in [3.05, 3.63) is 70.7 Å². The third kappa shape index (κ3) is 2.01. The molecule has 3 aromatic rings. The minimum Gasteiger partial charge on any atom is -0.450 e. The molecule has 3 aromatic carbocycles. The second-order valence-electron chi connectivity index (χ2n) is 10.3. The predicted molar refractivity (Wildman–Crippen MR) is 121 cm³/mol. The van der Waals surface area contributed by atoms with E-state index in [9.17, 15) is 0 Å². The van der Waals surface area contributed by atoms with E-state index in [1.165, 1.54) is 54.4 Å². The lowest BCUT2D eigenvalue weighted by Crippen LogP contribution is -2.55. The summed E-state index contributed by atoms with van der Waals surface area (Å²) in [5.74, 6) is 6.53. The summed E-state index contributed by atoms with van der Waals surface area (Å²) >= 11 is 6.62. The average Bonchev–Trinajstić information content (AvgIpc) is 3.06. The van der Waals surface area contributed by atoms with Crippen LogP contribution in [0.5, 0.6) is 23.0 Å². The summed E-state index contributed by atoms with van der Waals surface area (Å²) in [7, 11) is 0. The third-order valence-corrected chi connectivity index (χ3v) is 9.19. The Hall–Kier alpha value is -2.45. The molecule has 4 bridgehead atoms. The van der Waals surface area contributed by atoms with Gasteiger partial charge in [-0.05, 0) is 103 Å². The molecule has 0 atom stereocenters. The lowest BCUT2D eigenvalue weighted by atomic mass is 9.43. The van der Waals surface area contributed by atoms with E-state index in [0.717, 1.165) is 39.9 Å². The molecule has 5 aliphatic carbocycles. The molecule has 2 nitrogen and oxygen atoms in total. The molecule has 6 aliphatic rings. The molecule has 4 fully saturated rings. The van der Waals surface area contributed by atoms with E-state index in [1.807, 2.05) is 30.3 Å². The summed E-state index contributed by atoms with van der Waals surface area (Å²) < 4.78 is 13.0. The number of hydrogen-bond donors (Lipinski definition) is 0. The molecular weight excluding hydrogens is 404 g/mol. The van der Waals surface area contributed by atoms with Crippen LogP contribution in [0.4, 0.5) is 0 Å². The van der Waals surface area contributed by atoms with Gasteiger partial charge in [-0.3, -0.25) is 0 Å². The Morgan fingerprint density at radius 2 is 1.39 bits per heavy atom. The van der Waals surface area contributed by atoms with E-state index in [-0.39, 0.29) is 5.41 Å². The predicted octanol–water partition coefficient (Wildman–Crippen LogP) is 7.96. The second kappa shape index (κ2) is 5.66. The number of para-hydroxylation sites is 2. The monoisotopic (exact) mass is 426 g/mol. The zero-order chi connectivity index (χ0) is 20.3. The minimum absolute atomic E-state index is 0.00394. The fourth-order valence-electron chi connectivity index (χ4n) is 8.23. The maximum absolute atomic E-state index is 6.65. The number of halogens is 1. The van der Waals surface area contributed by atoms with E-state index < -0.39 is 0 Å². The van der Waals surface area contributed by atoms with Crippen LogP contribution in [0.2, 0.25) is 5.02 Å². The summed E-state index contributed by atoms with van der Waals surface area (Å²) in [5.41, 5.74) is 5.49. The van der Waals surface area contributed by atoms with E-state index >= 15 is 0 Å². The molecule has 0 saturated heterocycles. The highest BCUT2D eigenvalue weighted by molar-refractivity contribution is 6.30. The summed E-state index contributed by atoms with van der Waals surface area (Å²) in [4.78, 5) is 0. The van der Waals surface area contributed by atoms with Crippen LogP contribution in [0.3, 0.4) is 0 Å². The summed E-state index contributed by atoms with van der Waals surface area (Å²) in [6, 6.07) is 18.9. The minimum atomic E-state index is 0.00394. The Morgan fingerprint density at radius 3 is 2.13 bits per heavy atom. The zero-order valence-corrected chi connectivity index (χ0v) is 18.0. The molecule has 1 aliphatic heterocycles. The molecule has 0 radical (unpaired) electrons. The zero-order valence-electron chi connectivity index (χ0n) is 17.2. The van der Waals surface area contributed by atoms with Crippen LogP contribution in [0, 0.1) is 23.7 Å². The Bertz CT molecular complexity index is 1250. The highest BCUT2D eigenvalue weighted by Crippen LogP contribution is 2.72. The van der Waals surface area contributed by atoms with Crippen LogP contribution < -0.4 is 9.47 Å². The highest BCUT2D eigenvalue weighted by atomic mass is 35.5. The first kappa shape index (κ1) is 17.1. The van der Waals surface area contributed by atoms with Gasteiger partial charge in [0.25, 0.3) is 0 Å². The van der Waals surface area contributed by atoms with Gasteiger partial charge in [-0.2, -0.15) is 0 Å². The van der Waals surface area contributed by atoms with E-state index in [2.05, 4.69) is 24.3 Å². The van der Waals surface area contributed by atoms with Gasteiger partial charge in [0.2, 0.25) is 0 Å². The second-order valence-corrected chi connectivity index (χ2v) is 10.8. The Labute approximate surface area is 187 Å². The van der Waals surface area contributed by atoms with Crippen LogP contribution in [-0.4, -0.2) is 0 Å². The van der Waals surface area contributed by atoms with Gasteiger partial charge in [0, 0.05) is 16.0 Å². The van der Waals surface area contributed by atoms with Gasteiger partial charge >= 0.3 is 0 Å². The molecule has 4 saturated carbocycles. The largest absolute Gasteiger partial charge is 0.450 e. The molecule has 9 rings (SSSR count). The van der Waals surface area contributed by atoms with Crippen molar-refractivity contribution in [1.82, 2.24) is 0 Å². The number of benzene rings is 3. The molecule has 0 aromatic heterocycles. The van der Waals surface area contributed by atoms with Crippen LogP contribution in [0.1, 0.15) is 43.2 Å². The number of ether oxygens (including phenoxy) is 2. The Kier molecular flexibility index (Phi) is 3.13. The van der Waals surface area contributed by atoms with E-state index in [1.54, 1.807) is 0 Å². The molecule has 31 heavy (non-hydrogen) atoms. The van der Waals surface area contributed by atoms with Crippen molar-refractivity contribution in [2.75, 3.05) is 0 Å². The molecular formula is C28H23ClO2. The van der Waals surface area contributed by atoms with Crippen molar-refractivity contribution in [2.45, 2.75) is 37.5 Å². The summed E-state index contributed by atoms with van der Waals surface area (Å²) in [6.45, 7) is 0. The number of fused-ring (bicyclic) bond motifs is 6.